The molecule has 1 aromatic carbocycles. The molecule has 0 aromatic heterocycles. The molecule has 0 aliphatic heterocycles. The quantitative estimate of drug-likeness (QED) is 0.480. The molecule has 0 bridgehead atoms. The summed E-state index contributed by atoms with van der Waals surface area (Å²) < 4.78 is 96.7. The summed E-state index contributed by atoms with van der Waals surface area (Å²) in [4.78, 5) is -5.24. The van der Waals surface area contributed by atoms with Crippen LogP contribution < -0.4 is 0 Å². The van der Waals surface area contributed by atoms with Crippen LogP contribution in [0.25, 0.3) is 6.08 Å². The van der Waals surface area contributed by atoms with Crippen molar-refractivity contribution < 1.29 is 44.0 Å². The van der Waals surface area contributed by atoms with E-state index in [0.29, 0.717) is 6.08 Å². The number of rotatable bonds is 3. The van der Waals surface area contributed by atoms with Crippen LogP contribution in [0.2, 0.25) is 0 Å². The maximum Gasteiger partial charge on any atom is 0.301 e. The van der Waals surface area contributed by atoms with Gasteiger partial charge in [0.25, 0.3) is 20.2 Å². The summed E-state index contributed by atoms with van der Waals surface area (Å²) in [7, 11) is -16.6. The summed E-state index contributed by atoms with van der Waals surface area (Å²) in [6.45, 7) is 0. The molecule has 1 aliphatic rings. The van der Waals surface area contributed by atoms with Crippen LogP contribution in [-0.4, -0.2) is 49.3 Å². The molecule has 0 heterocycles. The van der Waals surface area contributed by atoms with E-state index in [2.05, 4.69) is 0 Å². The second-order valence-electron chi connectivity index (χ2n) is 4.68. The van der Waals surface area contributed by atoms with Crippen LogP contribution in [0.5, 0.6) is 0 Å². The van der Waals surface area contributed by atoms with E-state index in [4.69, 9.17) is 4.55 Å². The summed E-state index contributed by atoms with van der Waals surface area (Å²) >= 11 is 0. The fraction of sp³-hybridized carbons (Fsp3) is 0.200. The lowest BCUT2D eigenvalue weighted by atomic mass is 9.93. The van der Waals surface area contributed by atoms with Crippen LogP contribution in [0, 0.1) is 0 Å². The predicted molar refractivity (Wildman–Crippen MR) is 76.7 cm³/mol. The Labute approximate surface area is 131 Å². The minimum Gasteiger partial charge on any atom is -0.368 e. The van der Waals surface area contributed by atoms with Gasteiger partial charge in [0.1, 0.15) is 0 Å². The monoisotopic (exact) mass is 386 g/mol. The molecule has 0 saturated heterocycles. The Balaban J connectivity index is 3.08. The lowest BCUT2D eigenvalue weighted by molar-refractivity contribution is 0.112. The molecule has 13 heteroatoms. The smallest absolute Gasteiger partial charge is 0.301 e. The van der Waals surface area contributed by atoms with Crippen LogP contribution in [0.1, 0.15) is 11.1 Å². The van der Waals surface area contributed by atoms with Crippen molar-refractivity contribution in [3.8, 4) is 0 Å². The summed E-state index contributed by atoms with van der Waals surface area (Å²) in [6, 6.07) is 4.51. The van der Waals surface area contributed by atoms with Crippen LogP contribution in [0.4, 0.5) is 0 Å². The van der Waals surface area contributed by atoms with Crippen molar-refractivity contribution in [1.82, 2.24) is 0 Å². The largest absolute Gasteiger partial charge is 0.368 e. The van der Waals surface area contributed by atoms with Gasteiger partial charge in [0, 0.05) is 5.56 Å². The van der Waals surface area contributed by atoms with Gasteiger partial charge in [-0.2, -0.15) is 25.3 Å². The van der Waals surface area contributed by atoms with E-state index in [0.717, 1.165) is 12.1 Å². The molecule has 0 fully saturated rings. The first-order chi connectivity index (χ1) is 10.2. The van der Waals surface area contributed by atoms with E-state index in [1.54, 1.807) is 0 Å². The van der Waals surface area contributed by atoms with Gasteiger partial charge in [0.15, 0.2) is 5.25 Å². The Bertz CT molecular complexity index is 1000. The van der Waals surface area contributed by atoms with Gasteiger partial charge >= 0.3 is 10.1 Å². The third-order valence-corrected chi connectivity index (χ3v) is 6.93. The molecular weight excluding hydrogens is 376 g/mol. The van der Waals surface area contributed by atoms with Crippen LogP contribution in [-0.2, 0) is 35.3 Å². The first-order valence-electron chi connectivity index (χ1n) is 5.65. The van der Waals surface area contributed by atoms with Gasteiger partial charge in [-0.3, -0.25) is 13.7 Å². The molecule has 2 atom stereocenters. The normalized spacial score (nSPS) is 25.6. The molecule has 23 heavy (non-hydrogen) atoms. The molecule has 0 amide bonds. The highest BCUT2D eigenvalue weighted by molar-refractivity contribution is 7.94. The number of fused-ring (bicyclic) bond motifs is 1. The van der Waals surface area contributed by atoms with Gasteiger partial charge in [-0.15, -0.1) is 0 Å². The Morgan fingerprint density at radius 2 is 1.43 bits per heavy atom. The van der Waals surface area contributed by atoms with Crippen LogP contribution in [0.3, 0.4) is 0 Å². The molecule has 10 nitrogen and oxygen atoms in total. The van der Waals surface area contributed by atoms with Crippen molar-refractivity contribution in [2.24, 2.45) is 0 Å². The van der Waals surface area contributed by atoms with Gasteiger partial charge in [-0.1, -0.05) is 24.3 Å². The molecule has 1 aromatic rings. The zero-order valence-corrected chi connectivity index (χ0v) is 13.4. The highest BCUT2D eigenvalue weighted by Crippen LogP contribution is 2.45. The second kappa shape index (κ2) is 5.07. The topological polar surface area (TPSA) is 183 Å². The summed E-state index contributed by atoms with van der Waals surface area (Å²) in [5, 5.41) is 7.32. The average molecular weight is 386 g/mol. The minimum atomic E-state index is -5.66. The van der Waals surface area contributed by atoms with Gasteiger partial charge in [0.05, 0.1) is 4.91 Å². The fourth-order valence-corrected chi connectivity index (χ4v) is 6.35. The molecule has 0 spiro atoms. The SMILES string of the molecule is O=S(=O)(O)C1=Cc2ccccc2C(O)(S(=O)(=O)O)C1S(=O)(=O)O. The molecule has 1 aliphatic carbocycles. The Morgan fingerprint density at radius 3 is 1.87 bits per heavy atom. The molecule has 0 saturated carbocycles. The van der Waals surface area contributed by atoms with Gasteiger partial charge < -0.3 is 5.11 Å². The molecule has 2 unspecified atom stereocenters. The van der Waals surface area contributed by atoms with Crippen LogP contribution in [0.15, 0.2) is 29.2 Å². The second-order valence-corrected chi connectivity index (χ2v) is 9.17. The lowest BCUT2D eigenvalue weighted by Crippen LogP contribution is -2.53. The van der Waals surface area contributed by atoms with Crippen molar-refractivity contribution in [1.29, 1.82) is 0 Å². The van der Waals surface area contributed by atoms with E-state index in [9.17, 15) is 39.5 Å². The standard InChI is InChI=1S/C10H10O10S3/c11-10(23(18,19)20)7-4-2-1-3-6(7)5-8(21(12,13)14)9(10)22(15,16)17/h1-5,9,11H,(H,12,13,14)(H,15,16,17)(H,18,19,20). The molecule has 0 radical (unpaired) electrons. The van der Waals surface area contributed by atoms with Crippen molar-refractivity contribution in [2.75, 3.05) is 0 Å². The minimum absolute atomic E-state index is 0.292. The Morgan fingerprint density at radius 1 is 0.913 bits per heavy atom. The van der Waals surface area contributed by atoms with Gasteiger partial charge in [-0.25, -0.2) is 0 Å². The summed E-state index contributed by atoms with van der Waals surface area (Å²) in [5.41, 5.74) is -0.974. The summed E-state index contributed by atoms with van der Waals surface area (Å²) in [6.07, 6.45) is 0.572. The first kappa shape index (κ1) is 18.0. The number of hydrogen-bond acceptors (Lipinski definition) is 7. The zero-order valence-electron chi connectivity index (χ0n) is 10.9. The molecule has 4 N–H and O–H groups in total. The maximum atomic E-state index is 11.6. The summed E-state index contributed by atoms with van der Waals surface area (Å²) in [5.74, 6) is 0. The van der Waals surface area contributed by atoms with E-state index in [1.807, 2.05) is 0 Å². The van der Waals surface area contributed by atoms with Crippen molar-refractivity contribution in [3.05, 3.63) is 40.3 Å². The van der Waals surface area contributed by atoms with Crippen molar-refractivity contribution >= 4 is 36.4 Å². The highest BCUT2D eigenvalue weighted by Gasteiger charge is 2.61. The molecule has 128 valence electrons. The molecular formula is C10H10O10S3. The zero-order chi connectivity index (χ0) is 17.8. The van der Waals surface area contributed by atoms with Crippen molar-refractivity contribution in [2.45, 2.75) is 10.2 Å². The number of hydrogen-bond donors (Lipinski definition) is 4. The van der Waals surface area contributed by atoms with E-state index >= 15 is 0 Å². The Hall–Kier alpha value is -1.35. The van der Waals surface area contributed by atoms with E-state index in [-0.39, 0.29) is 5.56 Å². The van der Waals surface area contributed by atoms with Crippen LogP contribution >= 0.6 is 0 Å². The lowest BCUT2D eigenvalue weighted by Gasteiger charge is -2.35. The number of benzene rings is 1. The van der Waals surface area contributed by atoms with Gasteiger partial charge in [-0.05, 0) is 11.6 Å². The highest BCUT2D eigenvalue weighted by atomic mass is 32.2. The van der Waals surface area contributed by atoms with E-state index in [1.165, 1.54) is 12.1 Å². The number of aliphatic hydroxyl groups is 1. The Kier molecular flexibility index (Phi) is 3.97. The maximum absolute atomic E-state index is 11.6. The van der Waals surface area contributed by atoms with E-state index < -0.39 is 51.0 Å². The fourth-order valence-electron chi connectivity index (χ4n) is 2.34. The molecule has 2 rings (SSSR count). The van der Waals surface area contributed by atoms with Gasteiger partial charge in [0.2, 0.25) is 4.93 Å². The first-order valence-corrected chi connectivity index (χ1v) is 10.0. The average Bonchev–Trinajstić information content (AvgIpc) is 2.34. The predicted octanol–water partition coefficient (Wildman–Crippen LogP) is -0.782. The third kappa shape index (κ3) is 2.80. The van der Waals surface area contributed by atoms with Crippen molar-refractivity contribution in [3.63, 3.8) is 0 Å². The third-order valence-electron chi connectivity index (χ3n) is 3.25.